The van der Waals surface area contributed by atoms with Gasteiger partial charge in [0.05, 0.1) is 5.92 Å². The van der Waals surface area contributed by atoms with Crippen LogP contribution in [0.3, 0.4) is 0 Å². The Morgan fingerprint density at radius 2 is 1.81 bits per heavy atom. The first-order chi connectivity index (χ1) is 13.0. The SMILES string of the molecule is CCCC(C=O)c1c(-c2ccc(SC)cc2)c2cc(C)ccc2c(=O)n1C. The number of hydrogen-bond donors (Lipinski definition) is 0. The van der Waals surface area contributed by atoms with Crippen molar-refractivity contribution in [3.8, 4) is 11.1 Å². The molecule has 0 saturated heterocycles. The summed E-state index contributed by atoms with van der Waals surface area (Å²) in [4.78, 5) is 26.1. The lowest BCUT2D eigenvalue weighted by Crippen LogP contribution is -2.24. The molecule has 140 valence electrons. The molecular weight excluding hydrogens is 354 g/mol. The molecule has 3 rings (SSSR count). The minimum absolute atomic E-state index is 0.0487. The smallest absolute Gasteiger partial charge is 0.258 e. The lowest BCUT2D eigenvalue weighted by Gasteiger charge is -2.22. The van der Waals surface area contributed by atoms with Crippen molar-refractivity contribution in [2.75, 3.05) is 6.26 Å². The zero-order chi connectivity index (χ0) is 19.6. The van der Waals surface area contributed by atoms with E-state index in [0.717, 1.165) is 46.9 Å². The Hall–Kier alpha value is -2.33. The highest BCUT2D eigenvalue weighted by Crippen LogP contribution is 2.36. The summed E-state index contributed by atoms with van der Waals surface area (Å²) >= 11 is 1.70. The lowest BCUT2D eigenvalue weighted by atomic mass is 9.89. The number of carbonyl (C=O) groups is 1. The predicted molar refractivity (Wildman–Crippen MR) is 115 cm³/mol. The predicted octanol–water partition coefficient (Wildman–Crippen LogP) is 5.32. The van der Waals surface area contributed by atoms with Crippen LogP contribution >= 0.6 is 11.8 Å². The van der Waals surface area contributed by atoms with Crippen molar-refractivity contribution in [2.45, 2.75) is 37.5 Å². The summed E-state index contributed by atoms with van der Waals surface area (Å²) in [6, 6.07) is 14.3. The number of aldehydes is 1. The quantitative estimate of drug-likeness (QED) is 0.430. The summed E-state index contributed by atoms with van der Waals surface area (Å²) in [5.74, 6) is -0.298. The summed E-state index contributed by atoms with van der Waals surface area (Å²) in [6.07, 6.45) is 4.65. The first-order valence-electron chi connectivity index (χ1n) is 9.24. The maximum Gasteiger partial charge on any atom is 0.258 e. The first-order valence-corrected chi connectivity index (χ1v) is 10.5. The number of fused-ring (bicyclic) bond motifs is 1. The highest BCUT2D eigenvalue weighted by Gasteiger charge is 2.22. The zero-order valence-corrected chi connectivity index (χ0v) is 17.1. The van der Waals surface area contributed by atoms with Gasteiger partial charge in [0.1, 0.15) is 6.29 Å². The van der Waals surface area contributed by atoms with E-state index in [4.69, 9.17) is 0 Å². The number of nitrogens with zero attached hydrogens (tertiary/aromatic N) is 1. The van der Waals surface area contributed by atoms with Crippen molar-refractivity contribution < 1.29 is 4.79 Å². The Balaban J connectivity index is 2.45. The van der Waals surface area contributed by atoms with Crippen molar-refractivity contribution >= 4 is 28.8 Å². The normalized spacial score (nSPS) is 12.3. The molecule has 0 N–H and O–H groups in total. The molecule has 4 heteroatoms. The van der Waals surface area contributed by atoms with Gasteiger partial charge in [0.2, 0.25) is 0 Å². The van der Waals surface area contributed by atoms with Gasteiger partial charge in [0, 0.05) is 28.6 Å². The number of aromatic nitrogens is 1. The van der Waals surface area contributed by atoms with E-state index in [1.54, 1.807) is 23.4 Å². The third kappa shape index (κ3) is 3.59. The van der Waals surface area contributed by atoms with Crippen LogP contribution in [0.15, 0.2) is 52.2 Å². The van der Waals surface area contributed by atoms with Crippen LogP contribution in [0.1, 0.15) is 36.9 Å². The van der Waals surface area contributed by atoms with Gasteiger partial charge in [-0.15, -0.1) is 11.8 Å². The second-order valence-corrected chi connectivity index (χ2v) is 7.81. The fourth-order valence-corrected chi connectivity index (χ4v) is 4.13. The van der Waals surface area contributed by atoms with E-state index in [0.29, 0.717) is 5.39 Å². The van der Waals surface area contributed by atoms with Gasteiger partial charge in [0.25, 0.3) is 5.56 Å². The largest absolute Gasteiger partial charge is 0.314 e. The highest BCUT2D eigenvalue weighted by atomic mass is 32.2. The minimum atomic E-state index is -0.298. The van der Waals surface area contributed by atoms with Crippen molar-refractivity contribution in [1.82, 2.24) is 4.57 Å². The average Bonchev–Trinajstić information content (AvgIpc) is 2.69. The number of benzene rings is 2. The number of hydrogen-bond acceptors (Lipinski definition) is 3. The second-order valence-electron chi connectivity index (χ2n) is 6.93. The molecule has 0 aliphatic heterocycles. The number of carbonyl (C=O) groups excluding carboxylic acids is 1. The van der Waals surface area contributed by atoms with Crippen LogP contribution in [0.4, 0.5) is 0 Å². The van der Waals surface area contributed by atoms with Crippen LogP contribution < -0.4 is 5.56 Å². The maximum absolute atomic E-state index is 13.0. The van der Waals surface area contributed by atoms with Crippen molar-refractivity contribution in [3.63, 3.8) is 0 Å². The third-order valence-electron chi connectivity index (χ3n) is 5.09. The molecule has 0 spiro atoms. The second kappa shape index (κ2) is 8.13. The van der Waals surface area contributed by atoms with Crippen molar-refractivity contribution in [2.24, 2.45) is 7.05 Å². The van der Waals surface area contributed by atoms with Gasteiger partial charge in [-0.3, -0.25) is 4.79 Å². The molecule has 2 aromatic carbocycles. The Kier molecular flexibility index (Phi) is 5.85. The standard InChI is InChI=1S/C23H25NO2S/c1-5-6-17(14-25)22-21(16-8-10-18(27-4)11-9-16)20-13-15(2)7-12-19(20)23(26)24(22)3/h7-14,17H,5-6H2,1-4H3. The highest BCUT2D eigenvalue weighted by molar-refractivity contribution is 7.98. The number of aryl methyl sites for hydroxylation is 1. The van der Waals surface area contributed by atoms with E-state index < -0.39 is 0 Å². The Morgan fingerprint density at radius 3 is 2.41 bits per heavy atom. The van der Waals surface area contributed by atoms with Crippen LogP contribution in [0.2, 0.25) is 0 Å². The van der Waals surface area contributed by atoms with Gasteiger partial charge in [-0.05, 0) is 48.7 Å². The van der Waals surface area contributed by atoms with Gasteiger partial charge in [-0.2, -0.15) is 0 Å². The molecule has 0 aliphatic rings. The maximum atomic E-state index is 13.0. The number of rotatable bonds is 6. The molecule has 0 bridgehead atoms. The van der Waals surface area contributed by atoms with E-state index in [2.05, 4.69) is 43.5 Å². The third-order valence-corrected chi connectivity index (χ3v) is 5.83. The van der Waals surface area contributed by atoms with Crippen LogP contribution in [0.5, 0.6) is 0 Å². The number of pyridine rings is 1. The molecular formula is C23H25NO2S. The van der Waals surface area contributed by atoms with Crippen molar-refractivity contribution in [3.05, 3.63) is 64.1 Å². The van der Waals surface area contributed by atoms with Gasteiger partial charge in [0.15, 0.2) is 0 Å². The molecule has 0 aliphatic carbocycles. The summed E-state index contributed by atoms with van der Waals surface area (Å²) in [5.41, 5.74) is 3.90. The molecule has 1 aromatic heterocycles. The summed E-state index contributed by atoms with van der Waals surface area (Å²) in [5, 5.41) is 1.62. The van der Waals surface area contributed by atoms with E-state index in [9.17, 15) is 9.59 Å². The zero-order valence-electron chi connectivity index (χ0n) is 16.3. The first kappa shape index (κ1) is 19.4. The molecule has 1 unspecified atom stereocenters. The van der Waals surface area contributed by atoms with Crippen LogP contribution in [0, 0.1) is 6.92 Å². The lowest BCUT2D eigenvalue weighted by molar-refractivity contribution is -0.109. The van der Waals surface area contributed by atoms with E-state index >= 15 is 0 Å². The molecule has 0 saturated carbocycles. The fourth-order valence-electron chi connectivity index (χ4n) is 3.72. The molecule has 27 heavy (non-hydrogen) atoms. The van der Waals surface area contributed by atoms with E-state index in [1.165, 1.54) is 4.90 Å². The van der Waals surface area contributed by atoms with Crippen LogP contribution in [-0.2, 0) is 11.8 Å². The number of thioether (sulfide) groups is 1. The average molecular weight is 380 g/mol. The molecule has 0 fully saturated rings. The van der Waals surface area contributed by atoms with Gasteiger partial charge in [-0.25, -0.2) is 0 Å². The minimum Gasteiger partial charge on any atom is -0.314 e. The summed E-state index contributed by atoms with van der Waals surface area (Å²) in [7, 11) is 1.78. The van der Waals surface area contributed by atoms with Gasteiger partial charge < -0.3 is 9.36 Å². The Labute approximate surface area is 164 Å². The van der Waals surface area contributed by atoms with E-state index in [1.807, 2.05) is 19.1 Å². The Morgan fingerprint density at radius 1 is 1.11 bits per heavy atom. The Bertz CT molecular complexity index is 1030. The molecule has 0 radical (unpaired) electrons. The molecule has 1 atom stereocenters. The van der Waals surface area contributed by atoms with E-state index in [-0.39, 0.29) is 11.5 Å². The van der Waals surface area contributed by atoms with Gasteiger partial charge in [-0.1, -0.05) is 43.2 Å². The van der Waals surface area contributed by atoms with Crippen LogP contribution in [-0.4, -0.2) is 17.1 Å². The molecule has 1 heterocycles. The topological polar surface area (TPSA) is 39.1 Å². The summed E-state index contributed by atoms with van der Waals surface area (Å²) in [6.45, 7) is 4.09. The summed E-state index contributed by atoms with van der Waals surface area (Å²) < 4.78 is 1.67. The van der Waals surface area contributed by atoms with Crippen molar-refractivity contribution in [1.29, 1.82) is 0 Å². The van der Waals surface area contributed by atoms with Crippen LogP contribution in [0.25, 0.3) is 21.9 Å². The molecule has 3 nitrogen and oxygen atoms in total. The molecule has 3 aromatic rings. The molecule has 0 amide bonds. The fraction of sp³-hybridized carbons (Fsp3) is 0.304. The monoisotopic (exact) mass is 379 g/mol. The van der Waals surface area contributed by atoms with Gasteiger partial charge >= 0.3 is 0 Å².